The van der Waals surface area contributed by atoms with E-state index in [9.17, 15) is 0 Å². The first-order chi connectivity index (χ1) is 8.81. The molecule has 0 aromatic carbocycles. The molecule has 5 nitrogen and oxygen atoms in total. The van der Waals surface area contributed by atoms with Gasteiger partial charge < -0.3 is 10.1 Å². The second-order valence-corrected chi connectivity index (χ2v) is 4.20. The minimum absolute atomic E-state index is 0.324. The van der Waals surface area contributed by atoms with Crippen LogP contribution in [-0.4, -0.2) is 34.9 Å². The quantitative estimate of drug-likeness (QED) is 0.821. The highest BCUT2D eigenvalue weighted by atomic mass is 16.5. The number of ether oxygens (including phenoxy) is 1. The Morgan fingerprint density at radius 1 is 1.44 bits per heavy atom. The third-order valence-corrected chi connectivity index (χ3v) is 2.72. The van der Waals surface area contributed by atoms with Crippen LogP contribution >= 0.6 is 0 Å². The van der Waals surface area contributed by atoms with Gasteiger partial charge in [0, 0.05) is 26.0 Å². The Bertz CT molecular complexity index is 469. The summed E-state index contributed by atoms with van der Waals surface area (Å²) < 4.78 is 5.07. The molecular weight excluding hydrogens is 228 g/mol. The van der Waals surface area contributed by atoms with E-state index in [1.54, 1.807) is 19.5 Å². The van der Waals surface area contributed by atoms with Crippen LogP contribution in [0, 0.1) is 0 Å². The van der Waals surface area contributed by atoms with Gasteiger partial charge in [0.15, 0.2) is 0 Å². The lowest BCUT2D eigenvalue weighted by atomic mass is 10.2. The second-order valence-electron chi connectivity index (χ2n) is 4.20. The Hall–Kier alpha value is -1.88. The fourth-order valence-electron chi connectivity index (χ4n) is 1.73. The summed E-state index contributed by atoms with van der Waals surface area (Å²) in [6, 6.07) is 6.14. The molecule has 96 valence electrons. The number of H-pyrrole nitrogens is 1. The lowest BCUT2D eigenvalue weighted by Gasteiger charge is -2.14. The maximum atomic E-state index is 5.07. The molecule has 2 aromatic heterocycles. The number of aromatic nitrogens is 3. The van der Waals surface area contributed by atoms with Gasteiger partial charge >= 0.3 is 0 Å². The Kier molecular flexibility index (Phi) is 4.30. The molecule has 0 aliphatic rings. The summed E-state index contributed by atoms with van der Waals surface area (Å²) in [5.74, 6) is 0. The maximum absolute atomic E-state index is 5.07. The number of anilines is 1. The lowest BCUT2D eigenvalue weighted by Crippen LogP contribution is -2.17. The molecular formula is C13H18N4O. The zero-order chi connectivity index (χ0) is 12.8. The Morgan fingerprint density at radius 2 is 2.33 bits per heavy atom. The van der Waals surface area contributed by atoms with Gasteiger partial charge in [-0.2, -0.15) is 5.10 Å². The molecule has 18 heavy (non-hydrogen) atoms. The standard InChI is InChI=1S/C13H18N4O/c1-10(6-8-18-2)16-12-9-15-17-13(12)11-5-3-4-7-14-11/h3-5,7,9-10,16H,6,8H2,1-2H3,(H,15,17)/t10-/m0/s1. The lowest BCUT2D eigenvalue weighted by molar-refractivity contribution is 0.191. The van der Waals surface area contributed by atoms with Gasteiger partial charge in [0.25, 0.3) is 0 Å². The van der Waals surface area contributed by atoms with E-state index in [0.717, 1.165) is 30.1 Å². The minimum atomic E-state index is 0.324. The van der Waals surface area contributed by atoms with Crippen molar-refractivity contribution in [3.8, 4) is 11.4 Å². The van der Waals surface area contributed by atoms with Gasteiger partial charge in [0.2, 0.25) is 0 Å². The van der Waals surface area contributed by atoms with Crippen molar-refractivity contribution in [2.24, 2.45) is 0 Å². The molecule has 0 bridgehead atoms. The van der Waals surface area contributed by atoms with Gasteiger partial charge in [-0.05, 0) is 25.5 Å². The molecule has 0 unspecified atom stereocenters. The molecule has 2 rings (SSSR count). The third kappa shape index (κ3) is 3.07. The van der Waals surface area contributed by atoms with Crippen molar-refractivity contribution in [3.63, 3.8) is 0 Å². The van der Waals surface area contributed by atoms with Crippen LogP contribution < -0.4 is 5.32 Å². The first-order valence-electron chi connectivity index (χ1n) is 6.01. The van der Waals surface area contributed by atoms with Gasteiger partial charge in [-0.1, -0.05) is 6.07 Å². The van der Waals surface area contributed by atoms with Gasteiger partial charge in [-0.15, -0.1) is 0 Å². The monoisotopic (exact) mass is 246 g/mol. The highest BCUT2D eigenvalue weighted by molar-refractivity contribution is 5.70. The van der Waals surface area contributed by atoms with Crippen LogP contribution in [0.25, 0.3) is 11.4 Å². The maximum Gasteiger partial charge on any atom is 0.107 e. The van der Waals surface area contributed by atoms with Crippen LogP contribution in [0.15, 0.2) is 30.6 Å². The molecule has 0 spiro atoms. The summed E-state index contributed by atoms with van der Waals surface area (Å²) in [5, 5.41) is 10.5. The third-order valence-electron chi connectivity index (χ3n) is 2.72. The predicted molar refractivity (Wildman–Crippen MR) is 71.4 cm³/mol. The number of rotatable bonds is 6. The van der Waals surface area contributed by atoms with Crippen molar-refractivity contribution in [2.45, 2.75) is 19.4 Å². The molecule has 0 saturated carbocycles. The summed E-state index contributed by atoms with van der Waals surface area (Å²) in [7, 11) is 1.71. The summed E-state index contributed by atoms with van der Waals surface area (Å²) in [5.41, 5.74) is 2.77. The average Bonchev–Trinajstić information content (AvgIpc) is 2.85. The van der Waals surface area contributed by atoms with Crippen LogP contribution in [0.4, 0.5) is 5.69 Å². The molecule has 1 atom stereocenters. The molecule has 0 aliphatic heterocycles. The van der Waals surface area contributed by atoms with Crippen LogP contribution in [0.1, 0.15) is 13.3 Å². The van der Waals surface area contributed by atoms with Gasteiger partial charge in [0.05, 0.1) is 17.6 Å². The number of hydrogen-bond acceptors (Lipinski definition) is 4. The van der Waals surface area contributed by atoms with Gasteiger partial charge in [-0.25, -0.2) is 0 Å². The summed E-state index contributed by atoms with van der Waals surface area (Å²) in [6.45, 7) is 2.86. The van der Waals surface area contributed by atoms with Crippen molar-refractivity contribution >= 4 is 5.69 Å². The average molecular weight is 246 g/mol. The molecule has 0 amide bonds. The van der Waals surface area contributed by atoms with Crippen molar-refractivity contribution in [2.75, 3.05) is 19.0 Å². The number of methoxy groups -OCH3 is 1. The molecule has 2 aromatic rings. The Balaban J connectivity index is 2.09. The first kappa shape index (κ1) is 12.6. The van der Waals surface area contributed by atoms with E-state index in [0.29, 0.717) is 6.04 Å². The van der Waals surface area contributed by atoms with Crippen LogP contribution in [-0.2, 0) is 4.74 Å². The largest absolute Gasteiger partial charge is 0.385 e. The molecule has 2 heterocycles. The van der Waals surface area contributed by atoms with E-state index < -0.39 is 0 Å². The molecule has 0 aliphatic carbocycles. The van der Waals surface area contributed by atoms with E-state index in [1.807, 2.05) is 18.2 Å². The normalized spacial score (nSPS) is 12.3. The summed E-state index contributed by atoms with van der Waals surface area (Å²) >= 11 is 0. The van der Waals surface area contributed by atoms with E-state index in [-0.39, 0.29) is 0 Å². The fourth-order valence-corrected chi connectivity index (χ4v) is 1.73. The van der Waals surface area contributed by atoms with Gasteiger partial charge in [-0.3, -0.25) is 10.1 Å². The van der Waals surface area contributed by atoms with Crippen molar-refractivity contribution in [1.29, 1.82) is 0 Å². The summed E-state index contributed by atoms with van der Waals surface area (Å²) in [6.07, 6.45) is 4.50. The molecule has 2 N–H and O–H groups in total. The number of hydrogen-bond donors (Lipinski definition) is 2. The number of nitrogens with one attached hydrogen (secondary N) is 2. The van der Waals surface area contributed by atoms with Crippen molar-refractivity contribution in [3.05, 3.63) is 30.6 Å². The Labute approximate surface area is 107 Å². The van der Waals surface area contributed by atoms with Crippen LogP contribution in [0.3, 0.4) is 0 Å². The van der Waals surface area contributed by atoms with Crippen molar-refractivity contribution < 1.29 is 4.74 Å². The zero-order valence-corrected chi connectivity index (χ0v) is 10.7. The Morgan fingerprint density at radius 3 is 3.06 bits per heavy atom. The van der Waals surface area contributed by atoms with Crippen LogP contribution in [0.2, 0.25) is 0 Å². The number of pyridine rings is 1. The molecule has 0 fully saturated rings. The van der Waals surface area contributed by atoms with E-state index in [1.165, 1.54) is 0 Å². The van der Waals surface area contributed by atoms with E-state index in [4.69, 9.17) is 4.74 Å². The topological polar surface area (TPSA) is 62.8 Å². The predicted octanol–water partition coefficient (Wildman–Crippen LogP) is 2.31. The first-order valence-corrected chi connectivity index (χ1v) is 6.01. The molecule has 0 saturated heterocycles. The highest BCUT2D eigenvalue weighted by Gasteiger charge is 2.10. The minimum Gasteiger partial charge on any atom is -0.385 e. The van der Waals surface area contributed by atoms with E-state index in [2.05, 4.69) is 27.4 Å². The van der Waals surface area contributed by atoms with Crippen molar-refractivity contribution in [1.82, 2.24) is 15.2 Å². The highest BCUT2D eigenvalue weighted by Crippen LogP contribution is 2.23. The second kappa shape index (κ2) is 6.16. The molecule has 0 radical (unpaired) electrons. The molecule has 5 heteroatoms. The summed E-state index contributed by atoms with van der Waals surface area (Å²) in [4.78, 5) is 4.32. The van der Waals surface area contributed by atoms with Crippen LogP contribution in [0.5, 0.6) is 0 Å². The van der Waals surface area contributed by atoms with Gasteiger partial charge in [0.1, 0.15) is 5.69 Å². The fraction of sp³-hybridized carbons (Fsp3) is 0.385. The zero-order valence-electron chi connectivity index (χ0n) is 10.7. The number of nitrogens with zero attached hydrogens (tertiary/aromatic N) is 2. The number of aromatic amines is 1. The smallest absolute Gasteiger partial charge is 0.107 e. The van der Waals surface area contributed by atoms with E-state index >= 15 is 0 Å². The SMILES string of the molecule is COCC[C@H](C)Nc1cn[nH]c1-c1ccccn1.